The van der Waals surface area contributed by atoms with E-state index in [1.165, 1.54) is 89.9 Å². The molecule has 1 heterocycles. The summed E-state index contributed by atoms with van der Waals surface area (Å²) >= 11 is 0. The first-order valence-electron chi connectivity index (χ1n) is 12.6. The summed E-state index contributed by atoms with van der Waals surface area (Å²) in [7, 11) is 3.74. The maximum Gasteiger partial charge on any atom is 0.220 e. The van der Waals surface area contributed by atoms with E-state index >= 15 is 0 Å². The summed E-state index contributed by atoms with van der Waals surface area (Å²) in [6.45, 7) is 2.83. The van der Waals surface area contributed by atoms with Gasteiger partial charge in [-0.05, 0) is 12.8 Å². The van der Waals surface area contributed by atoms with Crippen LogP contribution in [-0.4, -0.2) is 45.6 Å². The zero-order chi connectivity index (χ0) is 21.2. The van der Waals surface area contributed by atoms with E-state index in [1.807, 2.05) is 0 Å². The van der Waals surface area contributed by atoms with Crippen molar-refractivity contribution in [2.45, 2.75) is 134 Å². The van der Waals surface area contributed by atoms with Gasteiger partial charge in [0.25, 0.3) is 0 Å². The highest BCUT2D eigenvalue weighted by atomic mass is 16.5. The van der Waals surface area contributed by atoms with Crippen LogP contribution in [0.5, 0.6) is 0 Å². The zero-order valence-electron chi connectivity index (χ0n) is 19.7. The van der Waals surface area contributed by atoms with E-state index < -0.39 is 0 Å². The van der Waals surface area contributed by atoms with Crippen LogP contribution in [-0.2, 0) is 14.3 Å². The van der Waals surface area contributed by atoms with Crippen LogP contribution < -0.4 is 5.32 Å². The van der Waals surface area contributed by atoms with E-state index in [2.05, 4.69) is 20.1 Å². The summed E-state index contributed by atoms with van der Waals surface area (Å²) in [6.07, 6.45) is 21.8. The normalized spacial score (nSPS) is 21.5. The van der Waals surface area contributed by atoms with Gasteiger partial charge in [0.15, 0.2) is 0 Å². The van der Waals surface area contributed by atoms with Crippen LogP contribution in [0.4, 0.5) is 0 Å². The number of unbranched alkanes of at least 4 members (excludes halogenated alkanes) is 14. The Morgan fingerprint density at radius 1 is 0.897 bits per heavy atom. The molecule has 1 saturated heterocycles. The molecule has 5 heteroatoms. The van der Waals surface area contributed by atoms with Crippen molar-refractivity contribution in [1.82, 2.24) is 5.32 Å². The maximum absolute atomic E-state index is 12.2. The number of rotatable bonds is 19. The summed E-state index contributed by atoms with van der Waals surface area (Å²) in [5.41, 5.74) is 0. The highest BCUT2D eigenvalue weighted by molar-refractivity contribution is 6.11. The Balaban J connectivity index is 1.85. The van der Waals surface area contributed by atoms with Gasteiger partial charge in [-0.1, -0.05) is 96.8 Å². The Labute approximate surface area is 181 Å². The zero-order valence-corrected chi connectivity index (χ0v) is 19.7. The van der Waals surface area contributed by atoms with Gasteiger partial charge in [-0.2, -0.15) is 0 Å². The molecule has 0 bridgehead atoms. The molecular formula is C24H48BNO3. The predicted octanol–water partition coefficient (Wildman–Crippen LogP) is 5.13. The molecule has 0 aromatic rings. The molecule has 0 aliphatic carbocycles. The van der Waals surface area contributed by atoms with Crippen LogP contribution in [0.3, 0.4) is 0 Å². The molecule has 0 aromatic heterocycles. The molecule has 1 unspecified atom stereocenters. The highest BCUT2D eigenvalue weighted by Gasteiger charge is 2.33. The fraction of sp³-hybridized carbons (Fsp3) is 0.958. The molecule has 0 aromatic carbocycles. The number of hydrogen-bond donors (Lipinski definition) is 1. The van der Waals surface area contributed by atoms with Gasteiger partial charge in [0, 0.05) is 19.5 Å². The molecule has 170 valence electrons. The molecule has 1 aliphatic heterocycles. The summed E-state index contributed by atoms with van der Waals surface area (Å²) < 4.78 is 11.0. The second-order valence-electron chi connectivity index (χ2n) is 9.05. The lowest BCUT2D eigenvalue weighted by atomic mass is 9.95. The van der Waals surface area contributed by atoms with Crippen molar-refractivity contribution in [3.8, 4) is 0 Å². The van der Waals surface area contributed by atoms with Crippen LogP contribution in [0.15, 0.2) is 0 Å². The average Bonchev–Trinajstić information content (AvgIpc) is 3.04. The molecule has 1 amide bonds. The topological polar surface area (TPSA) is 47.6 Å². The van der Waals surface area contributed by atoms with Gasteiger partial charge in [0.1, 0.15) is 14.0 Å². The smallest absolute Gasteiger partial charge is 0.220 e. The van der Waals surface area contributed by atoms with Gasteiger partial charge in [-0.3, -0.25) is 4.79 Å². The first-order chi connectivity index (χ1) is 14.2. The van der Waals surface area contributed by atoms with E-state index in [0.29, 0.717) is 13.0 Å². The molecule has 0 radical (unpaired) electrons. The number of hydrogen-bond acceptors (Lipinski definition) is 3. The van der Waals surface area contributed by atoms with Crippen molar-refractivity contribution in [3.63, 3.8) is 0 Å². The summed E-state index contributed by atoms with van der Waals surface area (Å²) in [5.74, 6) is 0.170. The maximum atomic E-state index is 12.2. The van der Waals surface area contributed by atoms with E-state index in [4.69, 9.17) is 9.47 Å². The molecule has 1 rings (SSSR count). The molecule has 3 atom stereocenters. The SMILES string of the molecule is B[C@H]1CC(NC(=O)CCCCCCCCCCCCCCCCC)[C@@H](COC)O1. The van der Waals surface area contributed by atoms with E-state index in [-0.39, 0.29) is 24.1 Å². The monoisotopic (exact) mass is 409 g/mol. The van der Waals surface area contributed by atoms with Crippen LogP contribution in [0.2, 0.25) is 0 Å². The van der Waals surface area contributed by atoms with E-state index in [1.54, 1.807) is 7.11 Å². The molecule has 0 spiro atoms. The first-order valence-corrected chi connectivity index (χ1v) is 12.6. The minimum atomic E-state index is 0.00000737. The lowest BCUT2D eigenvalue weighted by Crippen LogP contribution is -2.42. The third kappa shape index (κ3) is 14.2. The van der Waals surface area contributed by atoms with Crippen LogP contribution >= 0.6 is 0 Å². The van der Waals surface area contributed by atoms with Gasteiger partial charge in [0.2, 0.25) is 5.91 Å². The fourth-order valence-electron chi connectivity index (χ4n) is 4.37. The summed E-state index contributed by atoms with van der Waals surface area (Å²) in [4.78, 5) is 12.2. The lowest BCUT2D eigenvalue weighted by Gasteiger charge is -2.19. The van der Waals surface area contributed by atoms with Gasteiger partial charge >= 0.3 is 0 Å². The van der Waals surface area contributed by atoms with E-state index in [9.17, 15) is 4.79 Å². The molecular weight excluding hydrogens is 361 g/mol. The van der Waals surface area contributed by atoms with Crippen molar-refractivity contribution in [3.05, 3.63) is 0 Å². The molecule has 1 aliphatic rings. The number of carbonyl (C=O) groups is 1. The second-order valence-corrected chi connectivity index (χ2v) is 9.05. The van der Waals surface area contributed by atoms with Gasteiger partial charge < -0.3 is 14.8 Å². The van der Waals surface area contributed by atoms with Crippen molar-refractivity contribution in [2.75, 3.05) is 13.7 Å². The van der Waals surface area contributed by atoms with Gasteiger partial charge in [-0.15, -0.1) is 0 Å². The Bertz CT molecular complexity index is 394. The average molecular weight is 409 g/mol. The van der Waals surface area contributed by atoms with Crippen LogP contribution in [0, 0.1) is 0 Å². The number of methoxy groups -OCH3 is 1. The number of amides is 1. The molecule has 1 fully saturated rings. The van der Waals surface area contributed by atoms with Crippen molar-refractivity contribution in [1.29, 1.82) is 0 Å². The molecule has 4 nitrogen and oxygen atoms in total. The third-order valence-corrected chi connectivity index (χ3v) is 6.13. The van der Waals surface area contributed by atoms with Crippen molar-refractivity contribution >= 4 is 13.8 Å². The van der Waals surface area contributed by atoms with Crippen LogP contribution in [0.25, 0.3) is 0 Å². The van der Waals surface area contributed by atoms with Crippen LogP contribution in [0.1, 0.15) is 116 Å². The molecule has 1 N–H and O–H groups in total. The molecule has 29 heavy (non-hydrogen) atoms. The summed E-state index contributed by atoms with van der Waals surface area (Å²) in [5, 5.41) is 3.15. The highest BCUT2D eigenvalue weighted by Crippen LogP contribution is 2.19. The predicted molar refractivity (Wildman–Crippen MR) is 125 cm³/mol. The van der Waals surface area contributed by atoms with E-state index in [0.717, 1.165) is 12.8 Å². The van der Waals surface area contributed by atoms with Gasteiger partial charge in [0.05, 0.1) is 12.6 Å². The third-order valence-electron chi connectivity index (χ3n) is 6.13. The molecule has 0 saturated carbocycles. The van der Waals surface area contributed by atoms with Gasteiger partial charge in [-0.25, -0.2) is 0 Å². The van der Waals surface area contributed by atoms with Crippen molar-refractivity contribution in [2.24, 2.45) is 0 Å². The standard InChI is InChI=1S/C24H48BNO3/c1-3-4-5-6-7-8-9-10-11-12-13-14-15-16-17-18-24(27)26-21-19-23(25)29-22(21)20-28-2/h21-23H,3-20,25H2,1-2H3,(H,26,27)/t21?,22-,23-/m1/s1. The Morgan fingerprint density at radius 2 is 1.38 bits per heavy atom. The minimum absolute atomic E-state index is 0.00000737. The minimum Gasteiger partial charge on any atom is -0.382 e. The Hall–Kier alpha value is -0.545. The first kappa shape index (κ1) is 26.5. The largest absolute Gasteiger partial charge is 0.382 e. The Morgan fingerprint density at radius 3 is 1.86 bits per heavy atom. The number of nitrogens with one attached hydrogen (secondary N) is 1. The quantitative estimate of drug-likeness (QED) is 0.238. The van der Waals surface area contributed by atoms with Crippen molar-refractivity contribution < 1.29 is 14.3 Å². The number of ether oxygens (including phenoxy) is 2. The second kappa shape index (κ2) is 18.2. The fourth-order valence-corrected chi connectivity index (χ4v) is 4.37. The lowest BCUT2D eigenvalue weighted by molar-refractivity contribution is -0.122. The Kier molecular flexibility index (Phi) is 16.7. The number of carbonyl (C=O) groups excluding carboxylic acids is 1. The summed E-state index contributed by atoms with van der Waals surface area (Å²) in [6, 6.07) is 0.306.